The number of aliphatic carboxylic acids is 1. The Hall–Kier alpha value is -3.09. The maximum absolute atomic E-state index is 12.7. The van der Waals surface area contributed by atoms with Crippen molar-refractivity contribution in [1.29, 1.82) is 0 Å². The third-order valence-electron chi connectivity index (χ3n) is 5.86. The van der Waals surface area contributed by atoms with E-state index in [0.717, 1.165) is 11.3 Å². The summed E-state index contributed by atoms with van der Waals surface area (Å²) >= 11 is 0. The van der Waals surface area contributed by atoms with Crippen LogP contribution in [0.3, 0.4) is 0 Å². The largest absolute Gasteiger partial charge is 0.493 e. The van der Waals surface area contributed by atoms with Crippen LogP contribution in [0.5, 0.6) is 5.75 Å². The third-order valence-corrected chi connectivity index (χ3v) is 5.86. The van der Waals surface area contributed by atoms with Gasteiger partial charge in [0.1, 0.15) is 5.75 Å². The van der Waals surface area contributed by atoms with E-state index in [-0.39, 0.29) is 43.5 Å². The Morgan fingerprint density at radius 3 is 2.75 bits per heavy atom. The van der Waals surface area contributed by atoms with Gasteiger partial charge in [0.2, 0.25) is 5.91 Å². The highest BCUT2D eigenvalue weighted by Crippen LogP contribution is 2.44. The van der Waals surface area contributed by atoms with Crippen molar-refractivity contribution in [3.63, 3.8) is 0 Å². The zero-order chi connectivity index (χ0) is 19.7. The van der Waals surface area contributed by atoms with Crippen LogP contribution in [0.1, 0.15) is 12.0 Å². The van der Waals surface area contributed by atoms with Crippen molar-refractivity contribution in [2.45, 2.75) is 19.4 Å². The summed E-state index contributed by atoms with van der Waals surface area (Å²) in [7, 11) is 0. The van der Waals surface area contributed by atoms with Crippen LogP contribution >= 0.6 is 0 Å². The van der Waals surface area contributed by atoms with Crippen LogP contribution in [0.25, 0.3) is 0 Å². The lowest BCUT2D eigenvalue weighted by Gasteiger charge is -2.27. The number of carboxylic acids is 1. The van der Waals surface area contributed by atoms with Gasteiger partial charge in [0.15, 0.2) is 0 Å². The second-order valence-corrected chi connectivity index (χ2v) is 7.51. The Kier molecular flexibility index (Phi) is 4.66. The Bertz CT molecular complexity index is 969. The Morgan fingerprint density at radius 2 is 1.96 bits per heavy atom. The number of aryl methyl sites for hydroxylation is 1. The number of carbonyl (C=O) groups excluding carboxylic acids is 1. The molecule has 1 fully saturated rings. The topological polar surface area (TPSA) is 88.8 Å². The minimum atomic E-state index is -1.05. The van der Waals surface area contributed by atoms with E-state index in [4.69, 9.17) is 4.74 Å². The van der Waals surface area contributed by atoms with Gasteiger partial charge in [0, 0.05) is 44.2 Å². The fourth-order valence-electron chi connectivity index (χ4n) is 4.24. The standard InChI is InChI=1S/C21H22N2O5/c24-18-7-3-4-9-22(18)10-8-19(25)23-12-16-13-28-17-6-2-1-5-15(17)11-21(16,14-23)20(26)27/h1-7,9,16H,8,10-14H2,(H,26,27)/t16-,21+/m0/s1. The second kappa shape index (κ2) is 7.14. The van der Waals surface area contributed by atoms with Gasteiger partial charge in [0.25, 0.3) is 5.56 Å². The molecule has 2 aliphatic rings. The predicted octanol–water partition coefficient (Wildman–Crippen LogP) is 1.40. The number of amides is 1. The number of rotatable bonds is 4. The number of pyridine rings is 1. The molecule has 4 rings (SSSR count). The average Bonchev–Trinajstić information content (AvgIpc) is 2.98. The van der Waals surface area contributed by atoms with E-state index < -0.39 is 11.4 Å². The number of carboxylic acid groups (broad SMARTS) is 1. The molecule has 1 aromatic heterocycles. The van der Waals surface area contributed by atoms with Crippen LogP contribution in [-0.4, -0.2) is 46.1 Å². The lowest BCUT2D eigenvalue weighted by Crippen LogP contribution is -2.42. The lowest BCUT2D eigenvalue weighted by atomic mass is 9.74. The summed E-state index contributed by atoms with van der Waals surface area (Å²) in [6.45, 7) is 1.06. The predicted molar refractivity (Wildman–Crippen MR) is 101 cm³/mol. The molecule has 2 atom stereocenters. The summed E-state index contributed by atoms with van der Waals surface area (Å²) in [4.78, 5) is 38.4. The van der Waals surface area contributed by atoms with Crippen molar-refractivity contribution in [1.82, 2.24) is 9.47 Å². The number of hydrogen-bond acceptors (Lipinski definition) is 4. The molecular formula is C21H22N2O5. The molecule has 0 bridgehead atoms. The lowest BCUT2D eigenvalue weighted by molar-refractivity contribution is -0.151. The number of fused-ring (bicyclic) bond motifs is 2. The summed E-state index contributed by atoms with van der Waals surface area (Å²) in [5, 5.41) is 10.1. The fourth-order valence-corrected chi connectivity index (χ4v) is 4.24. The molecule has 146 valence electrons. The molecule has 3 heterocycles. The first kappa shape index (κ1) is 18.3. The Balaban J connectivity index is 1.52. The first-order valence-corrected chi connectivity index (χ1v) is 9.37. The molecule has 0 saturated carbocycles. The van der Waals surface area contributed by atoms with Crippen molar-refractivity contribution in [2.75, 3.05) is 19.7 Å². The van der Waals surface area contributed by atoms with E-state index in [9.17, 15) is 19.5 Å². The summed E-state index contributed by atoms with van der Waals surface area (Å²) in [6, 6.07) is 12.3. The Labute approximate surface area is 162 Å². The van der Waals surface area contributed by atoms with Gasteiger partial charge in [0.05, 0.1) is 12.0 Å². The van der Waals surface area contributed by atoms with Crippen LogP contribution in [0, 0.1) is 11.3 Å². The van der Waals surface area contributed by atoms with E-state index in [1.165, 1.54) is 10.6 Å². The highest BCUT2D eigenvalue weighted by atomic mass is 16.5. The fraction of sp³-hybridized carbons (Fsp3) is 0.381. The van der Waals surface area contributed by atoms with Crippen LogP contribution < -0.4 is 10.3 Å². The summed E-state index contributed by atoms with van der Waals surface area (Å²) in [5.41, 5.74) is -0.349. The first-order valence-electron chi connectivity index (χ1n) is 9.37. The van der Waals surface area contributed by atoms with Gasteiger partial charge < -0.3 is 19.3 Å². The molecule has 0 spiro atoms. The maximum atomic E-state index is 12.7. The smallest absolute Gasteiger partial charge is 0.312 e. The summed E-state index contributed by atoms with van der Waals surface area (Å²) in [5.74, 6) is -0.593. The molecule has 0 unspecified atom stereocenters. The van der Waals surface area contributed by atoms with Gasteiger partial charge in [-0.3, -0.25) is 14.4 Å². The van der Waals surface area contributed by atoms with Crippen LogP contribution in [0.4, 0.5) is 0 Å². The highest BCUT2D eigenvalue weighted by molar-refractivity contribution is 5.81. The third kappa shape index (κ3) is 3.17. The Morgan fingerprint density at radius 1 is 1.18 bits per heavy atom. The van der Waals surface area contributed by atoms with Crippen molar-refractivity contribution in [2.24, 2.45) is 11.3 Å². The summed E-state index contributed by atoms with van der Waals surface area (Å²) in [6.07, 6.45) is 2.14. The number of nitrogens with zero attached hydrogens (tertiary/aromatic N) is 2. The van der Waals surface area contributed by atoms with Crippen molar-refractivity contribution in [3.8, 4) is 5.75 Å². The number of carbonyl (C=O) groups is 2. The minimum Gasteiger partial charge on any atom is -0.493 e. The van der Waals surface area contributed by atoms with Gasteiger partial charge in [-0.1, -0.05) is 24.3 Å². The van der Waals surface area contributed by atoms with Crippen LogP contribution in [-0.2, 0) is 22.6 Å². The van der Waals surface area contributed by atoms with Gasteiger partial charge in [-0.05, 0) is 24.1 Å². The molecule has 1 aromatic carbocycles. The van der Waals surface area contributed by atoms with Crippen LogP contribution in [0.15, 0.2) is 53.5 Å². The van der Waals surface area contributed by atoms with Crippen molar-refractivity contribution >= 4 is 11.9 Å². The molecule has 0 aliphatic carbocycles. The molecule has 1 amide bonds. The molecule has 28 heavy (non-hydrogen) atoms. The zero-order valence-electron chi connectivity index (χ0n) is 15.4. The van der Waals surface area contributed by atoms with E-state index in [1.807, 2.05) is 24.3 Å². The van der Waals surface area contributed by atoms with Gasteiger partial charge in [-0.15, -0.1) is 0 Å². The normalized spacial score (nSPS) is 23.3. The van der Waals surface area contributed by atoms with E-state index in [1.54, 1.807) is 23.2 Å². The van der Waals surface area contributed by atoms with Crippen molar-refractivity contribution in [3.05, 3.63) is 64.6 Å². The van der Waals surface area contributed by atoms with E-state index >= 15 is 0 Å². The molecule has 1 N–H and O–H groups in total. The number of aromatic nitrogens is 1. The number of hydrogen-bond donors (Lipinski definition) is 1. The minimum absolute atomic E-state index is 0.141. The van der Waals surface area contributed by atoms with Gasteiger partial charge in [-0.2, -0.15) is 0 Å². The quantitative estimate of drug-likeness (QED) is 0.864. The molecular weight excluding hydrogens is 360 g/mol. The number of likely N-dealkylation sites (tertiary alicyclic amines) is 1. The first-order chi connectivity index (χ1) is 13.5. The molecule has 7 heteroatoms. The number of para-hydroxylation sites is 1. The zero-order valence-corrected chi connectivity index (χ0v) is 15.4. The van der Waals surface area contributed by atoms with Gasteiger partial charge >= 0.3 is 5.97 Å². The SMILES string of the molecule is O=C(CCn1ccccc1=O)N1C[C@H]2COc3ccccc3C[C@@]2(C(=O)O)C1. The number of ether oxygens (including phenoxy) is 1. The van der Waals surface area contributed by atoms with E-state index in [2.05, 4.69) is 0 Å². The molecule has 0 radical (unpaired) electrons. The molecule has 7 nitrogen and oxygen atoms in total. The number of benzene rings is 1. The van der Waals surface area contributed by atoms with E-state index in [0.29, 0.717) is 13.0 Å². The molecule has 1 saturated heterocycles. The average molecular weight is 382 g/mol. The highest BCUT2D eigenvalue weighted by Gasteiger charge is 2.55. The molecule has 2 aliphatic heterocycles. The summed E-state index contributed by atoms with van der Waals surface area (Å²) < 4.78 is 7.35. The monoisotopic (exact) mass is 382 g/mol. The van der Waals surface area contributed by atoms with Crippen molar-refractivity contribution < 1.29 is 19.4 Å². The van der Waals surface area contributed by atoms with Crippen LogP contribution in [0.2, 0.25) is 0 Å². The molecule has 2 aromatic rings. The maximum Gasteiger partial charge on any atom is 0.312 e. The second-order valence-electron chi connectivity index (χ2n) is 7.51. The van der Waals surface area contributed by atoms with Gasteiger partial charge in [-0.25, -0.2) is 0 Å².